The third-order valence-corrected chi connectivity index (χ3v) is 4.11. The molecule has 1 heterocycles. The van der Waals surface area contributed by atoms with E-state index in [1.807, 2.05) is 6.07 Å². The molecule has 0 radical (unpaired) electrons. The van der Waals surface area contributed by atoms with Crippen molar-refractivity contribution in [2.24, 2.45) is 5.73 Å². The minimum atomic E-state index is -0.507. The molecule has 130 valence electrons. The summed E-state index contributed by atoms with van der Waals surface area (Å²) in [4.78, 5) is 23.1. The summed E-state index contributed by atoms with van der Waals surface area (Å²) in [6.07, 6.45) is 0.243. The van der Waals surface area contributed by atoms with Crippen LogP contribution in [0.1, 0.15) is 33.5 Å². The number of rotatable bonds is 7. The number of hydrogen-bond donors (Lipinski definition) is 3. The van der Waals surface area contributed by atoms with Gasteiger partial charge in [0, 0.05) is 25.2 Å². The second kappa shape index (κ2) is 7.81. The van der Waals surface area contributed by atoms with E-state index in [9.17, 15) is 9.59 Å². The monoisotopic (exact) mass is 339 g/mol. The molecular weight excluding hydrogens is 318 g/mol. The largest absolute Gasteiger partial charge is 0.493 e. The van der Waals surface area contributed by atoms with Crippen molar-refractivity contribution in [1.29, 1.82) is 0 Å². The summed E-state index contributed by atoms with van der Waals surface area (Å²) >= 11 is 0. The van der Waals surface area contributed by atoms with E-state index in [4.69, 9.17) is 10.5 Å². The van der Waals surface area contributed by atoms with Crippen LogP contribution in [0, 0.1) is 0 Å². The van der Waals surface area contributed by atoms with Gasteiger partial charge in [0.2, 0.25) is 11.8 Å². The molecule has 2 aromatic carbocycles. The van der Waals surface area contributed by atoms with Crippen LogP contribution in [0.5, 0.6) is 5.75 Å². The van der Waals surface area contributed by atoms with Crippen LogP contribution >= 0.6 is 0 Å². The molecule has 3 rings (SSSR count). The number of carbonyl (C=O) groups is 2. The number of hydrogen-bond acceptors (Lipinski definition) is 4. The Morgan fingerprint density at radius 2 is 1.96 bits per heavy atom. The van der Waals surface area contributed by atoms with Gasteiger partial charge in [0.1, 0.15) is 5.75 Å². The van der Waals surface area contributed by atoms with E-state index >= 15 is 0 Å². The zero-order chi connectivity index (χ0) is 17.6. The first kappa shape index (κ1) is 17.0. The van der Waals surface area contributed by atoms with Crippen molar-refractivity contribution in [2.45, 2.75) is 26.1 Å². The number of fused-ring (bicyclic) bond motifs is 1. The van der Waals surface area contributed by atoms with Crippen LogP contribution < -0.4 is 21.1 Å². The Labute approximate surface area is 146 Å². The van der Waals surface area contributed by atoms with Gasteiger partial charge in [-0.2, -0.15) is 0 Å². The standard InChI is InChI=1S/C19H21N3O3/c20-19(24)14-2-1-3-17(9-14)25-7-6-18(23)22-10-13-4-5-15-11-21-12-16(15)8-13/h1-5,8-9,21H,6-7,10-12H2,(H2,20,24)(H,22,23). The lowest BCUT2D eigenvalue weighted by molar-refractivity contribution is -0.121. The minimum Gasteiger partial charge on any atom is -0.493 e. The van der Waals surface area contributed by atoms with Crippen LogP contribution in [-0.4, -0.2) is 18.4 Å². The Hall–Kier alpha value is -2.86. The lowest BCUT2D eigenvalue weighted by Crippen LogP contribution is -2.24. The first-order valence-electron chi connectivity index (χ1n) is 8.22. The lowest BCUT2D eigenvalue weighted by Gasteiger charge is -2.09. The average molecular weight is 339 g/mol. The molecule has 2 aromatic rings. The molecular formula is C19H21N3O3. The second-order valence-corrected chi connectivity index (χ2v) is 5.97. The second-order valence-electron chi connectivity index (χ2n) is 5.97. The fraction of sp³-hybridized carbons (Fsp3) is 0.263. The van der Waals surface area contributed by atoms with E-state index in [-0.39, 0.29) is 18.9 Å². The summed E-state index contributed by atoms with van der Waals surface area (Å²) in [6.45, 7) is 2.54. The quantitative estimate of drug-likeness (QED) is 0.712. The molecule has 0 bridgehead atoms. The van der Waals surface area contributed by atoms with Gasteiger partial charge in [-0.15, -0.1) is 0 Å². The molecule has 0 unspecified atom stereocenters. The Bertz CT molecular complexity index is 789. The van der Waals surface area contributed by atoms with Crippen LogP contribution in [0.15, 0.2) is 42.5 Å². The number of nitrogens with one attached hydrogen (secondary N) is 2. The van der Waals surface area contributed by atoms with Crippen LogP contribution in [0.3, 0.4) is 0 Å². The third-order valence-electron chi connectivity index (χ3n) is 4.11. The first-order valence-corrected chi connectivity index (χ1v) is 8.22. The maximum Gasteiger partial charge on any atom is 0.248 e. The third kappa shape index (κ3) is 4.58. The van der Waals surface area contributed by atoms with E-state index < -0.39 is 5.91 Å². The molecule has 1 aliphatic heterocycles. The Morgan fingerprint density at radius 1 is 1.12 bits per heavy atom. The van der Waals surface area contributed by atoms with Gasteiger partial charge >= 0.3 is 0 Å². The maximum absolute atomic E-state index is 11.9. The number of carbonyl (C=O) groups excluding carboxylic acids is 2. The van der Waals surface area contributed by atoms with Crippen molar-refractivity contribution >= 4 is 11.8 Å². The van der Waals surface area contributed by atoms with Gasteiger partial charge in [-0.1, -0.05) is 24.3 Å². The number of benzene rings is 2. The summed E-state index contributed by atoms with van der Waals surface area (Å²) in [5.74, 6) is -0.0624. The van der Waals surface area contributed by atoms with Gasteiger partial charge in [-0.3, -0.25) is 9.59 Å². The molecule has 25 heavy (non-hydrogen) atoms. The fourth-order valence-electron chi connectivity index (χ4n) is 2.75. The molecule has 0 spiro atoms. The van der Waals surface area contributed by atoms with Crippen molar-refractivity contribution in [1.82, 2.24) is 10.6 Å². The van der Waals surface area contributed by atoms with Crippen LogP contribution in [-0.2, 0) is 24.4 Å². The molecule has 0 aromatic heterocycles. The van der Waals surface area contributed by atoms with Gasteiger partial charge in [0.05, 0.1) is 13.0 Å². The Morgan fingerprint density at radius 3 is 2.80 bits per heavy atom. The van der Waals surface area contributed by atoms with Gasteiger partial charge in [-0.25, -0.2) is 0 Å². The molecule has 6 nitrogen and oxygen atoms in total. The maximum atomic E-state index is 11.9. The minimum absolute atomic E-state index is 0.0790. The van der Waals surface area contributed by atoms with Crippen molar-refractivity contribution in [2.75, 3.05) is 6.61 Å². The predicted molar refractivity (Wildman–Crippen MR) is 93.9 cm³/mol. The van der Waals surface area contributed by atoms with Crippen molar-refractivity contribution in [3.8, 4) is 5.75 Å². The SMILES string of the molecule is NC(=O)c1cccc(OCCC(=O)NCc2ccc3c(c2)CNC3)c1. The highest BCUT2D eigenvalue weighted by atomic mass is 16.5. The number of ether oxygens (including phenoxy) is 1. The van der Waals surface area contributed by atoms with E-state index in [0.717, 1.165) is 18.7 Å². The summed E-state index contributed by atoms with van der Waals surface area (Å²) < 4.78 is 5.50. The zero-order valence-corrected chi connectivity index (χ0v) is 13.9. The van der Waals surface area contributed by atoms with Crippen molar-refractivity contribution in [3.63, 3.8) is 0 Å². The normalized spacial score (nSPS) is 12.5. The molecule has 1 aliphatic rings. The predicted octanol–water partition coefficient (Wildman–Crippen LogP) is 1.47. The molecule has 0 saturated carbocycles. The van der Waals surface area contributed by atoms with Crippen molar-refractivity contribution in [3.05, 3.63) is 64.7 Å². The molecule has 0 aliphatic carbocycles. The molecule has 4 N–H and O–H groups in total. The average Bonchev–Trinajstić information content (AvgIpc) is 3.08. The van der Waals surface area contributed by atoms with E-state index in [2.05, 4.69) is 22.8 Å². The fourth-order valence-corrected chi connectivity index (χ4v) is 2.75. The summed E-state index contributed by atoms with van der Waals surface area (Å²) in [5.41, 5.74) is 9.31. The Balaban J connectivity index is 1.42. The van der Waals surface area contributed by atoms with Gasteiger partial charge in [0.25, 0.3) is 0 Å². The highest BCUT2D eigenvalue weighted by molar-refractivity contribution is 5.93. The number of amides is 2. The molecule has 0 saturated heterocycles. The van der Waals surface area contributed by atoms with Gasteiger partial charge in [-0.05, 0) is 34.9 Å². The van der Waals surface area contributed by atoms with Crippen LogP contribution in [0.25, 0.3) is 0 Å². The highest BCUT2D eigenvalue weighted by Crippen LogP contribution is 2.17. The summed E-state index contributed by atoms with van der Waals surface area (Å²) in [5, 5.41) is 6.19. The molecule has 0 fully saturated rings. The Kier molecular flexibility index (Phi) is 5.30. The van der Waals surface area contributed by atoms with Crippen molar-refractivity contribution < 1.29 is 14.3 Å². The topological polar surface area (TPSA) is 93.5 Å². The van der Waals surface area contributed by atoms with Crippen LogP contribution in [0.4, 0.5) is 0 Å². The number of primary amides is 1. The van der Waals surface area contributed by atoms with E-state index in [1.54, 1.807) is 24.3 Å². The summed E-state index contributed by atoms with van der Waals surface area (Å²) in [7, 11) is 0. The van der Waals surface area contributed by atoms with E-state index in [1.165, 1.54) is 11.1 Å². The first-order chi connectivity index (χ1) is 12.1. The van der Waals surface area contributed by atoms with Gasteiger partial charge in [0.15, 0.2) is 0 Å². The summed E-state index contributed by atoms with van der Waals surface area (Å²) in [6, 6.07) is 12.9. The molecule has 2 amide bonds. The molecule has 0 atom stereocenters. The van der Waals surface area contributed by atoms with Crippen LogP contribution in [0.2, 0.25) is 0 Å². The highest BCUT2D eigenvalue weighted by Gasteiger charge is 2.10. The smallest absolute Gasteiger partial charge is 0.248 e. The van der Waals surface area contributed by atoms with E-state index in [0.29, 0.717) is 17.9 Å². The van der Waals surface area contributed by atoms with Gasteiger partial charge < -0.3 is 21.1 Å². The number of nitrogens with two attached hydrogens (primary N) is 1. The lowest BCUT2D eigenvalue weighted by atomic mass is 10.1. The molecule has 6 heteroatoms. The zero-order valence-electron chi connectivity index (χ0n) is 13.9.